The van der Waals surface area contributed by atoms with E-state index >= 15 is 0 Å². The number of carbonyl (C=O) groups is 2. The molecular weight excluding hydrogens is 323 g/mol. The minimum atomic E-state index is -4.99. The van der Waals surface area contributed by atoms with Crippen molar-refractivity contribution in [1.82, 2.24) is 4.90 Å². The number of halogens is 5. The average Bonchev–Trinajstić information content (AvgIpc) is 2.49. The second-order valence-corrected chi connectivity index (χ2v) is 5.21. The molecule has 1 heterocycles. The molecule has 1 saturated heterocycles. The zero-order valence-corrected chi connectivity index (χ0v) is 11.8. The first-order valence-electron chi connectivity index (χ1n) is 6.80. The summed E-state index contributed by atoms with van der Waals surface area (Å²) in [6, 6.07) is 2.73. The maximum atomic E-state index is 13.1. The van der Waals surface area contributed by atoms with Crippen molar-refractivity contribution in [3.05, 3.63) is 29.8 Å². The van der Waals surface area contributed by atoms with E-state index in [9.17, 15) is 31.5 Å². The van der Waals surface area contributed by atoms with Gasteiger partial charge in [-0.25, -0.2) is 8.78 Å². The van der Waals surface area contributed by atoms with Crippen LogP contribution in [-0.4, -0.2) is 36.0 Å². The molecule has 1 fully saturated rings. The van der Waals surface area contributed by atoms with Crippen LogP contribution in [-0.2, 0) is 9.59 Å². The molecule has 1 aliphatic heterocycles. The molecule has 9 heteroatoms. The maximum Gasteiger partial charge on any atom is 0.471 e. The zero-order chi connectivity index (χ0) is 17.2. The highest BCUT2D eigenvalue weighted by molar-refractivity contribution is 5.93. The lowest BCUT2D eigenvalue weighted by Crippen LogP contribution is -2.48. The number of benzene rings is 1. The van der Waals surface area contributed by atoms with Gasteiger partial charge in [0.25, 0.3) is 0 Å². The van der Waals surface area contributed by atoms with Crippen molar-refractivity contribution < 1.29 is 31.5 Å². The Labute approximate surface area is 128 Å². The molecule has 1 aromatic carbocycles. The van der Waals surface area contributed by atoms with Crippen LogP contribution in [0, 0.1) is 17.6 Å². The number of piperidine rings is 1. The highest BCUT2D eigenvalue weighted by Crippen LogP contribution is 2.25. The predicted molar refractivity (Wildman–Crippen MR) is 70.3 cm³/mol. The van der Waals surface area contributed by atoms with E-state index in [1.807, 2.05) is 0 Å². The van der Waals surface area contributed by atoms with Gasteiger partial charge in [-0.1, -0.05) is 0 Å². The minimum absolute atomic E-state index is 0.00632. The second kappa shape index (κ2) is 6.51. The van der Waals surface area contributed by atoms with Crippen LogP contribution in [0.25, 0.3) is 0 Å². The summed E-state index contributed by atoms with van der Waals surface area (Å²) in [6.45, 7) is -0.443. The van der Waals surface area contributed by atoms with E-state index in [1.165, 1.54) is 0 Å². The lowest BCUT2D eigenvalue weighted by atomic mass is 9.97. The lowest BCUT2D eigenvalue weighted by molar-refractivity contribution is -0.187. The van der Waals surface area contributed by atoms with Crippen LogP contribution in [0.3, 0.4) is 0 Å². The van der Waals surface area contributed by atoms with Crippen LogP contribution >= 0.6 is 0 Å². The number of carbonyl (C=O) groups excluding carboxylic acids is 2. The summed E-state index contributed by atoms with van der Waals surface area (Å²) in [6.07, 6.45) is -4.44. The fraction of sp³-hybridized carbons (Fsp3) is 0.429. The van der Waals surface area contributed by atoms with Crippen molar-refractivity contribution in [2.24, 2.45) is 5.92 Å². The molecule has 1 atom stereocenters. The fourth-order valence-corrected chi connectivity index (χ4v) is 2.37. The van der Waals surface area contributed by atoms with E-state index in [0.29, 0.717) is 11.3 Å². The van der Waals surface area contributed by atoms with Crippen LogP contribution in [0.2, 0.25) is 0 Å². The number of hydrogen-bond donors (Lipinski definition) is 1. The summed E-state index contributed by atoms with van der Waals surface area (Å²) < 4.78 is 63.1. The van der Waals surface area contributed by atoms with Crippen molar-refractivity contribution in [2.75, 3.05) is 18.4 Å². The largest absolute Gasteiger partial charge is 0.471 e. The van der Waals surface area contributed by atoms with Crippen molar-refractivity contribution in [3.8, 4) is 0 Å². The van der Waals surface area contributed by atoms with E-state index in [4.69, 9.17) is 0 Å². The Hall–Kier alpha value is -2.19. The summed E-state index contributed by atoms with van der Waals surface area (Å²) in [5.74, 6) is -5.70. The molecule has 23 heavy (non-hydrogen) atoms. The molecule has 1 unspecified atom stereocenters. The Morgan fingerprint density at radius 1 is 1.17 bits per heavy atom. The van der Waals surface area contributed by atoms with E-state index in [2.05, 4.69) is 5.32 Å². The zero-order valence-electron chi connectivity index (χ0n) is 11.8. The standard InChI is InChI=1S/C14H13F5N2O2/c15-10-4-3-9(6-11(10)16)20-12(22)8-2-1-5-21(7-8)13(23)14(17,18)19/h3-4,6,8H,1-2,5,7H2,(H,20,22). The van der Waals surface area contributed by atoms with Gasteiger partial charge in [0.1, 0.15) is 0 Å². The minimum Gasteiger partial charge on any atom is -0.334 e. The normalized spacial score (nSPS) is 18.7. The van der Waals surface area contributed by atoms with Crippen LogP contribution in [0.15, 0.2) is 18.2 Å². The number of amides is 2. The summed E-state index contributed by atoms with van der Waals surface area (Å²) in [7, 11) is 0. The molecule has 1 N–H and O–H groups in total. The Morgan fingerprint density at radius 2 is 1.87 bits per heavy atom. The molecule has 1 aromatic rings. The third-order valence-electron chi connectivity index (χ3n) is 3.51. The van der Waals surface area contributed by atoms with Crippen molar-refractivity contribution in [2.45, 2.75) is 19.0 Å². The number of nitrogens with zero attached hydrogens (tertiary/aromatic N) is 1. The third kappa shape index (κ3) is 4.17. The molecule has 1 aliphatic rings. The van der Waals surface area contributed by atoms with Gasteiger partial charge in [0.2, 0.25) is 5.91 Å². The summed E-state index contributed by atoms with van der Waals surface area (Å²) >= 11 is 0. The van der Waals surface area contributed by atoms with E-state index in [1.54, 1.807) is 0 Å². The van der Waals surface area contributed by atoms with Gasteiger partial charge in [-0.3, -0.25) is 9.59 Å². The number of likely N-dealkylation sites (tertiary alicyclic amines) is 1. The molecule has 2 rings (SSSR count). The van der Waals surface area contributed by atoms with E-state index < -0.39 is 35.5 Å². The molecule has 126 valence electrons. The first kappa shape index (κ1) is 17.2. The highest BCUT2D eigenvalue weighted by atomic mass is 19.4. The number of rotatable bonds is 2. The molecule has 0 spiro atoms. The fourth-order valence-electron chi connectivity index (χ4n) is 2.37. The lowest BCUT2D eigenvalue weighted by Gasteiger charge is -2.32. The van der Waals surface area contributed by atoms with Crippen LogP contribution in [0.5, 0.6) is 0 Å². The third-order valence-corrected chi connectivity index (χ3v) is 3.51. The molecule has 0 radical (unpaired) electrons. The smallest absolute Gasteiger partial charge is 0.334 e. The Kier molecular flexibility index (Phi) is 4.86. The SMILES string of the molecule is O=C(Nc1ccc(F)c(F)c1)C1CCCN(C(=O)C(F)(F)F)C1. The summed E-state index contributed by atoms with van der Waals surface area (Å²) in [5, 5.41) is 2.31. The highest BCUT2D eigenvalue weighted by Gasteiger charge is 2.44. The van der Waals surface area contributed by atoms with Gasteiger partial charge in [-0.2, -0.15) is 13.2 Å². The van der Waals surface area contributed by atoms with E-state index in [0.717, 1.165) is 18.2 Å². The molecule has 0 bridgehead atoms. The van der Waals surface area contributed by atoms with Crippen molar-refractivity contribution in [3.63, 3.8) is 0 Å². The number of nitrogens with one attached hydrogen (secondary N) is 1. The van der Waals surface area contributed by atoms with Gasteiger partial charge in [-0.15, -0.1) is 0 Å². The average molecular weight is 336 g/mol. The molecule has 0 aliphatic carbocycles. The number of hydrogen-bond acceptors (Lipinski definition) is 2. The van der Waals surface area contributed by atoms with Crippen molar-refractivity contribution in [1.29, 1.82) is 0 Å². The molecule has 2 amide bonds. The summed E-state index contributed by atoms with van der Waals surface area (Å²) in [4.78, 5) is 23.8. The predicted octanol–water partition coefficient (Wildman–Crippen LogP) is 2.70. The maximum absolute atomic E-state index is 13.1. The molecule has 0 aromatic heterocycles. The Bertz CT molecular complexity index is 618. The van der Waals surface area contributed by atoms with Crippen LogP contribution in [0.4, 0.5) is 27.6 Å². The first-order chi connectivity index (χ1) is 10.7. The van der Waals surface area contributed by atoms with Gasteiger partial charge in [0.05, 0.1) is 5.92 Å². The van der Waals surface area contributed by atoms with Crippen molar-refractivity contribution >= 4 is 17.5 Å². The first-order valence-corrected chi connectivity index (χ1v) is 6.80. The van der Waals surface area contributed by atoms with Gasteiger partial charge >= 0.3 is 12.1 Å². The Balaban J connectivity index is 2.02. The van der Waals surface area contributed by atoms with Gasteiger partial charge in [-0.05, 0) is 25.0 Å². The van der Waals surface area contributed by atoms with Crippen LogP contribution in [0.1, 0.15) is 12.8 Å². The molecule has 4 nitrogen and oxygen atoms in total. The Morgan fingerprint density at radius 3 is 2.48 bits per heavy atom. The number of alkyl halides is 3. The summed E-state index contributed by atoms with van der Waals surface area (Å²) in [5.41, 5.74) is -0.00632. The molecular formula is C14H13F5N2O2. The second-order valence-electron chi connectivity index (χ2n) is 5.21. The van der Waals surface area contributed by atoms with Gasteiger partial charge in [0.15, 0.2) is 11.6 Å². The topological polar surface area (TPSA) is 49.4 Å². The van der Waals surface area contributed by atoms with Gasteiger partial charge in [0, 0.05) is 24.8 Å². The monoisotopic (exact) mass is 336 g/mol. The quantitative estimate of drug-likeness (QED) is 0.844. The van der Waals surface area contributed by atoms with E-state index in [-0.39, 0.29) is 25.2 Å². The number of anilines is 1. The van der Waals surface area contributed by atoms with Crippen LogP contribution < -0.4 is 5.32 Å². The molecule has 0 saturated carbocycles. The van der Waals surface area contributed by atoms with Gasteiger partial charge < -0.3 is 10.2 Å².